The summed E-state index contributed by atoms with van der Waals surface area (Å²) in [7, 11) is 0. The molecule has 1 aromatic heterocycles. The maximum Gasteiger partial charge on any atom is 0.416 e. The molecule has 0 radical (unpaired) electrons. The van der Waals surface area contributed by atoms with Crippen LogP contribution in [0.4, 0.5) is 13.2 Å². The number of para-hydroxylation sites is 2. The number of rotatable bonds is 9. The number of fused-ring (bicyclic) bond motifs is 1. The van der Waals surface area contributed by atoms with Crippen LogP contribution in [0.5, 0.6) is 0 Å². The highest BCUT2D eigenvalue weighted by Gasteiger charge is 2.32. The molecule has 42 heavy (non-hydrogen) atoms. The summed E-state index contributed by atoms with van der Waals surface area (Å²) in [6.07, 6.45) is -0.875. The molecule has 1 fully saturated rings. The summed E-state index contributed by atoms with van der Waals surface area (Å²) >= 11 is 6.29. The van der Waals surface area contributed by atoms with Crippen LogP contribution in [0.2, 0.25) is 5.02 Å². The highest BCUT2D eigenvalue weighted by atomic mass is 35.5. The van der Waals surface area contributed by atoms with Gasteiger partial charge in [-0.25, -0.2) is 4.98 Å². The number of benzene rings is 3. The highest BCUT2D eigenvalue weighted by molar-refractivity contribution is 6.33. The lowest BCUT2D eigenvalue weighted by Gasteiger charge is -2.28. The average Bonchev–Trinajstić information content (AvgIpc) is 3.30. The third-order valence-electron chi connectivity index (χ3n) is 7.75. The van der Waals surface area contributed by atoms with E-state index in [9.17, 15) is 18.0 Å². The van der Waals surface area contributed by atoms with E-state index in [1.54, 1.807) is 4.90 Å². The van der Waals surface area contributed by atoms with Gasteiger partial charge in [0.15, 0.2) is 0 Å². The van der Waals surface area contributed by atoms with Crippen LogP contribution in [0.1, 0.15) is 66.0 Å². The maximum atomic E-state index is 13.8. The van der Waals surface area contributed by atoms with Crippen molar-refractivity contribution in [2.45, 2.75) is 58.9 Å². The van der Waals surface area contributed by atoms with Gasteiger partial charge in [0.25, 0.3) is 5.91 Å². The minimum absolute atomic E-state index is 0.0121. The first kappa shape index (κ1) is 30.1. The molecule has 3 aromatic carbocycles. The molecule has 0 N–H and O–H groups in total. The van der Waals surface area contributed by atoms with Crippen LogP contribution >= 0.6 is 11.6 Å². The van der Waals surface area contributed by atoms with E-state index in [2.05, 4.69) is 27.7 Å². The molecule has 1 amide bonds. The molecule has 9 heteroatoms. The number of carbonyl (C=O) groups excluding carboxylic acids is 1. The molecule has 0 atom stereocenters. The summed E-state index contributed by atoms with van der Waals surface area (Å²) in [6.45, 7) is 8.03. The summed E-state index contributed by atoms with van der Waals surface area (Å²) in [5.41, 5.74) is 3.10. The Kier molecular flexibility index (Phi) is 9.23. The molecule has 5 nitrogen and oxygen atoms in total. The quantitative estimate of drug-likeness (QED) is 0.196. The predicted molar refractivity (Wildman–Crippen MR) is 160 cm³/mol. The number of carbonyl (C=O) groups is 1. The molecule has 222 valence electrons. The van der Waals surface area contributed by atoms with Crippen molar-refractivity contribution >= 4 is 28.5 Å². The van der Waals surface area contributed by atoms with E-state index in [0.29, 0.717) is 18.9 Å². The lowest BCUT2D eigenvalue weighted by molar-refractivity contribution is -0.137. The van der Waals surface area contributed by atoms with Crippen LogP contribution in [0, 0.1) is 5.92 Å². The lowest BCUT2D eigenvalue weighted by Crippen LogP contribution is -2.35. The molecule has 0 saturated carbocycles. The van der Waals surface area contributed by atoms with Crippen molar-refractivity contribution in [3.05, 3.63) is 99.8 Å². The number of hydrogen-bond acceptors (Lipinski definition) is 3. The van der Waals surface area contributed by atoms with E-state index in [-0.39, 0.29) is 23.0 Å². The number of imidazole rings is 1. The Morgan fingerprint density at radius 3 is 2.31 bits per heavy atom. The number of amides is 1. The number of nitrogens with zero attached hydrogens (tertiary/aromatic N) is 4. The second-order valence-electron chi connectivity index (χ2n) is 11.5. The second-order valence-corrected chi connectivity index (χ2v) is 11.9. The van der Waals surface area contributed by atoms with E-state index in [0.717, 1.165) is 48.9 Å². The summed E-state index contributed by atoms with van der Waals surface area (Å²) < 4.78 is 42.6. The highest BCUT2D eigenvalue weighted by Crippen LogP contribution is 2.33. The normalized spacial score (nSPS) is 14.5. The Morgan fingerprint density at radius 2 is 1.62 bits per heavy atom. The fourth-order valence-electron chi connectivity index (χ4n) is 5.68. The third-order valence-corrected chi connectivity index (χ3v) is 8.08. The fourth-order valence-corrected chi connectivity index (χ4v) is 5.88. The standard InChI is InChI=1S/C33H36ClF3N4O/c1-23(2)19-40(32(42)27-18-26(33(35,36)37)14-15-28(27)34)22-31-38-29-12-6-7-13-30(29)41(31)21-25-11-5-4-10-24(25)20-39-16-8-3-9-17-39/h4-7,10-15,18,23H,3,8-9,16-17,19-22H2,1-2H3. The molecule has 0 spiro atoms. The average molecular weight is 597 g/mol. The van der Waals surface area contributed by atoms with Crippen LogP contribution < -0.4 is 0 Å². The fraction of sp³-hybridized carbons (Fsp3) is 0.394. The van der Waals surface area contributed by atoms with Crippen LogP contribution in [0.25, 0.3) is 11.0 Å². The van der Waals surface area contributed by atoms with Crippen LogP contribution in [-0.2, 0) is 25.8 Å². The number of halogens is 4. The number of aromatic nitrogens is 2. The summed E-state index contributed by atoms with van der Waals surface area (Å²) in [5.74, 6) is 0.187. The van der Waals surface area contributed by atoms with Gasteiger partial charge in [0.1, 0.15) is 5.82 Å². The first-order chi connectivity index (χ1) is 20.1. The van der Waals surface area contributed by atoms with Gasteiger partial charge in [0, 0.05) is 19.6 Å². The number of hydrogen-bond donors (Lipinski definition) is 0. The zero-order chi connectivity index (χ0) is 29.9. The van der Waals surface area contributed by atoms with E-state index < -0.39 is 17.6 Å². The summed E-state index contributed by atoms with van der Waals surface area (Å²) in [6, 6.07) is 19.1. The largest absolute Gasteiger partial charge is 0.416 e. The Hall–Kier alpha value is -3.36. The minimum atomic E-state index is -4.59. The van der Waals surface area contributed by atoms with E-state index in [1.807, 2.05) is 44.2 Å². The first-order valence-corrected chi connectivity index (χ1v) is 14.9. The molecule has 0 aliphatic carbocycles. The van der Waals surface area contributed by atoms with E-state index in [4.69, 9.17) is 16.6 Å². The SMILES string of the molecule is CC(C)CN(Cc1nc2ccccc2n1Cc1ccccc1CN1CCCCC1)C(=O)c1cc(C(F)(F)F)ccc1Cl. The maximum absolute atomic E-state index is 13.8. The summed E-state index contributed by atoms with van der Waals surface area (Å²) in [5, 5.41) is -0.0121. The van der Waals surface area contributed by atoms with Crippen molar-refractivity contribution in [1.29, 1.82) is 0 Å². The van der Waals surface area contributed by atoms with E-state index in [1.165, 1.54) is 30.4 Å². The second kappa shape index (κ2) is 12.9. The third kappa shape index (κ3) is 6.98. The van der Waals surface area contributed by atoms with Gasteiger partial charge < -0.3 is 9.47 Å². The topological polar surface area (TPSA) is 41.4 Å². The van der Waals surface area contributed by atoms with Gasteiger partial charge in [-0.15, -0.1) is 0 Å². The lowest BCUT2D eigenvalue weighted by atomic mass is 10.0. The van der Waals surface area contributed by atoms with Crippen molar-refractivity contribution in [2.75, 3.05) is 19.6 Å². The molecular formula is C33H36ClF3N4O. The first-order valence-electron chi connectivity index (χ1n) is 14.5. The molecule has 5 rings (SSSR count). The van der Waals surface area contributed by atoms with Gasteiger partial charge in [-0.1, -0.05) is 68.3 Å². The van der Waals surface area contributed by atoms with Crippen LogP contribution in [0.3, 0.4) is 0 Å². The zero-order valence-electron chi connectivity index (χ0n) is 24.0. The Bertz CT molecular complexity index is 1540. The number of piperidine rings is 1. The molecule has 1 aliphatic heterocycles. The van der Waals surface area contributed by atoms with Gasteiger partial charge in [-0.2, -0.15) is 13.2 Å². The molecule has 2 heterocycles. The van der Waals surface area contributed by atoms with Crippen LogP contribution in [0.15, 0.2) is 66.7 Å². The van der Waals surface area contributed by atoms with Gasteiger partial charge in [-0.05, 0) is 73.3 Å². The van der Waals surface area contributed by atoms with Gasteiger partial charge in [0.05, 0.1) is 33.7 Å². The molecule has 1 saturated heterocycles. The molecule has 1 aliphatic rings. The molecule has 0 unspecified atom stereocenters. The van der Waals surface area contributed by atoms with Crippen LogP contribution in [-0.4, -0.2) is 44.9 Å². The predicted octanol–water partition coefficient (Wildman–Crippen LogP) is 8.04. The zero-order valence-corrected chi connectivity index (χ0v) is 24.8. The smallest absolute Gasteiger partial charge is 0.331 e. The molecule has 0 bridgehead atoms. The van der Waals surface area contributed by atoms with Gasteiger partial charge in [-0.3, -0.25) is 9.69 Å². The van der Waals surface area contributed by atoms with E-state index >= 15 is 0 Å². The van der Waals surface area contributed by atoms with Crippen molar-refractivity contribution in [2.24, 2.45) is 5.92 Å². The van der Waals surface area contributed by atoms with Crippen molar-refractivity contribution < 1.29 is 18.0 Å². The van der Waals surface area contributed by atoms with Crippen molar-refractivity contribution in [3.63, 3.8) is 0 Å². The van der Waals surface area contributed by atoms with Crippen molar-refractivity contribution in [1.82, 2.24) is 19.4 Å². The Labute approximate surface area is 249 Å². The van der Waals surface area contributed by atoms with Crippen molar-refractivity contribution in [3.8, 4) is 0 Å². The Morgan fingerprint density at radius 1 is 0.952 bits per heavy atom. The minimum Gasteiger partial charge on any atom is -0.331 e. The molecule has 4 aromatic rings. The number of likely N-dealkylation sites (tertiary alicyclic amines) is 1. The van der Waals surface area contributed by atoms with Gasteiger partial charge in [0.2, 0.25) is 0 Å². The number of alkyl halides is 3. The monoisotopic (exact) mass is 596 g/mol. The summed E-state index contributed by atoms with van der Waals surface area (Å²) in [4.78, 5) is 22.7. The Balaban J connectivity index is 1.50. The van der Waals surface area contributed by atoms with Gasteiger partial charge >= 0.3 is 6.18 Å². The molecular weight excluding hydrogens is 561 g/mol.